The molecule has 0 N–H and O–H groups in total. The van der Waals surface area contributed by atoms with Gasteiger partial charge in [0, 0.05) is 19.0 Å². The fraction of sp³-hybridized carbons (Fsp3) is 0.562. The standard InChI is InChI=1S/C16H22N2O2/c1-19-14-4-5-15(16(12-14)20-2)13-6-10-18(11-7-13)9-3-8-17/h4-5,12-13H,3,6-7,9-11H2,1-2H3. The zero-order valence-electron chi connectivity index (χ0n) is 12.3. The van der Waals surface area contributed by atoms with Crippen LogP contribution in [0.25, 0.3) is 0 Å². The van der Waals surface area contributed by atoms with Crippen LogP contribution in [0.15, 0.2) is 18.2 Å². The van der Waals surface area contributed by atoms with Crippen molar-refractivity contribution in [3.8, 4) is 17.6 Å². The van der Waals surface area contributed by atoms with E-state index in [2.05, 4.69) is 17.0 Å². The zero-order chi connectivity index (χ0) is 14.4. The first-order chi connectivity index (χ1) is 9.78. The summed E-state index contributed by atoms with van der Waals surface area (Å²) in [6.45, 7) is 3.01. The maximum Gasteiger partial charge on any atom is 0.126 e. The first kappa shape index (κ1) is 14.7. The first-order valence-electron chi connectivity index (χ1n) is 7.09. The Balaban J connectivity index is 2.01. The molecule has 108 valence electrons. The molecule has 0 unspecified atom stereocenters. The molecule has 0 amide bonds. The van der Waals surface area contributed by atoms with Crippen LogP contribution in [0.4, 0.5) is 0 Å². The molecule has 1 aliphatic heterocycles. The second kappa shape index (κ2) is 7.16. The predicted octanol–water partition coefficient (Wildman–Crippen LogP) is 2.80. The van der Waals surface area contributed by atoms with Crippen LogP contribution in [0, 0.1) is 11.3 Å². The highest BCUT2D eigenvalue weighted by atomic mass is 16.5. The van der Waals surface area contributed by atoms with Gasteiger partial charge in [-0.15, -0.1) is 0 Å². The van der Waals surface area contributed by atoms with E-state index in [-0.39, 0.29) is 0 Å². The van der Waals surface area contributed by atoms with Crippen LogP contribution in [0.5, 0.6) is 11.5 Å². The number of hydrogen-bond acceptors (Lipinski definition) is 4. The number of hydrogen-bond donors (Lipinski definition) is 0. The molecule has 0 saturated carbocycles. The molecule has 1 aliphatic rings. The molecule has 0 atom stereocenters. The number of nitriles is 1. The minimum absolute atomic E-state index is 0.536. The van der Waals surface area contributed by atoms with Gasteiger partial charge in [-0.2, -0.15) is 5.26 Å². The highest BCUT2D eigenvalue weighted by Crippen LogP contribution is 2.36. The molecule has 1 aromatic rings. The van der Waals surface area contributed by atoms with Crippen LogP contribution in [-0.2, 0) is 0 Å². The van der Waals surface area contributed by atoms with Crippen molar-refractivity contribution in [3.05, 3.63) is 23.8 Å². The number of rotatable bonds is 5. The molecular formula is C16H22N2O2. The normalized spacial score (nSPS) is 16.6. The van der Waals surface area contributed by atoms with Crippen molar-refractivity contribution in [2.75, 3.05) is 33.9 Å². The molecule has 1 saturated heterocycles. The maximum absolute atomic E-state index is 8.64. The molecule has 4 heteroatoms. The van der Waals surface area contributed by atoms with E-state index < -0.39 is 0 Å². The summed E-state index contributed by atoms with van der Waals surface area (Å²) in [5, 5.41) is 8.64. The Labute approximate surface area is 120 Å². The lowest BCUT2D eigenvalue weighted by molar-refractivity contribution is 0.215. The SMILES string of the molecule is COc1ccc(C2CCN(CCC#N)CC2)c(OC)c1. The number of ether oxygens (including phenoxy) is 2. The molecule has 4 nitrogen and oxygen atoms in total. The van der Waals surface area contributed by atoms with Gasteiger partial charge >= 0.3 is 0 Å². The van der Waals surface area contributed by atoms with Crippen LogP contribution in [-0.4, -0.2) is 38.8 Å². The molecule has 1 aromatic carbocycles. The van der Waals surface area contributed by atoms with Crippen molar-refractivity contribution in [2.24, 2.45) is 0 Å². The highest BCUT2D eigenvalue weighted by molar-refractivity contribution is 5.42. The Kier molecular flexibility index (Phi) is 5.25. The summed E-state index contributed by atoms with van der Waals surface area (Å²) < 4.78 is 10.7. The Morgan fingerprint density at radius 3 is 2.60 bits per heavy atom. The van der Waals surface area contributed by atoms with Crippen molar-refractivity contribution < 1.29 is 9.47 Å². The van der Waals surface area contributed by atoms with E-state index in [1.165, 1.54) is 5.56 Å². The Bertz CT molecular complexity index is 474. The van der Waals surface area contributed by atoms with Gasteiger partial charge in [-0.1, -0.05) is 6.07 Å². The third-order valence-electron chi connectivity index (χ3n) is 4.01. The van der Waals surface area contributed by atoms with E-state index in [9.17, 15) is 0 Å². The smallest absolute Gasteiger partial charge is 0.126 e. The molecular weight excluding hydrogens is 252 g/mol. The summed E-state index contributed by atoms with van der Waals surface area (Å²) in [5.41, 5.74) is 1.27. The first-order valence-corrected chi connectivity index (χ1v) is 7.09. The summed E-state index contributed by atoms with van der Waals surface area (Å²) >= 11 is 0. The van der Waals surface area contributed by atoms with Crippen molar-refractivity contribution in [1.82, 2.24) is 4.90 Å². The fourth-order valence-corrected chi connectivity index (χ4v) is 2.83. The summed E-state index contributed by atoms with van der Waals surface area (Å²) in [6, 6.07) is 8.29. The largest absolute Gasteiger partial charge is 0.497 e. The summed E-state index contributed by atoms with van der Waals surface area (Å²) in [5.74, 6) is 2.28. The molecule has 0 aromatic heterocycles. The monoisotopic (exact) mass is 274 g/mol. The second-order valence-electron chi connectivity index (χ2n) is 5.13. The Morgan fingerprint density at radius 2 is 2.00 bits per heavy atom. The van der Waals surface area contributed by atoms with Crippen molar-refractivity contribution >= 4 is 0 Å². The fourth-order valence-electron chi connectivity index (χ4n) is 2.83. The minimum Gasteiger partial charge on any atom is -0.497 e. The van der Waals surface area contributed by atoms with E-state index >= 15 is 0 Å². The van der Waals surface area contributed by atoms with Crippen LogP contribution < -0.4 is 9.47 Å². The van der Waals surface area contributed by atoms with E-state index in [1.54, 1.807) is 14.2 Å². The van der Waals surface area contributed by atoms with E-state index in [4.69, 9.17) is 14.7 Å². The summed E-state index contributed by atoms with van der Waals surface area (Å²) in [4.78, 5) is 2.37. The molecule has 0 radical (unpaired) electrons. The Morgan fingerprint density at radius 1 is 1.25 bits per heavy atom. The minimum atomic E-state index is 0.536. The maximum atomic E-state index is 8.64. The zero-order valence-corrected chi connectivity index (χ0v) is 12.3. The van der Waals surface area contributed by atoms with Gasteiger partial charge in [0.2, 0.25) is 0 Å². The van der Waals surface area contributed by atoms with E-state index in [0.29, 0.717) is 12.3 Å². The quantitative estimate of drug-likeness (QED) is 0.828. The lowest BCUT2D eigenvalue weighted by Crippen LogP contribution is -2.33. The second-order valence-corrected chi connectivity index (χ2v) is 5.13. The number of methoxy groups -OCH3 is 2. The number of likely N-dealkylation sites (tertiary alicyclic amines) is 1. The van der Waals surface area contributed by atoms with Gasteiger partial charge in [0.25, 0.3) is 0 Å². The molecule has 20 heavy (non-hydrogen) atoms. The van der Waals surface area contributed by atoms with E-state index in [1.807, 2.05) is 12.1 Å². The number of piperidine rings is 1. The summed E-state index contributed by atoms with van der Waals surface area (Å²) in [7, 11) is 3.38. The topological polar surface area (TPSA) is 45.5 Å². The lowest BCUT2D eigenvalue weighted by Gasteiger charge is -2.32. The van der Waals surface area contributed by atoms with Gasteiger partial charge in [0.05, 0.1) is 20.3 Å². The van der Waals surface area contributed by atoms with Gasteiger partial charge < -0.3 is 14.4 Å². The average Bonchev–Trinajstić information content (AvgIpc) is 2.52. The van der Waals surface area contributed by atoms with Crippen LogP contribution in [0.3, 0.4) is 0 Å². The van der Waals surface area contributed by atoms with E-state index in [0.717, 1.165) is 44.0 Å². The molecule has 0 bridgehead atoms. The van der Waals surface area contributed by atoms with Gasteiger partial charge in [-0.25, -0.2) is 0 Å². The van der Waals surface area contributed by atoms with Crippen LogP contribution in [0.2, 0.25) is 0 Å². The molecule has 1 heterocycles. The van der Waals surface area contributed by atoms with Gasteiger partial charge in [0.15, 0.2) is 0 Å². The van der Waals surface area contributed by atoms with Crippen LogP contribution >= 0.6 is 0 Å². The number of nitrogens with zero attached hydrogens (tertiary/aromatic N) is 2. The van der Waals surface area contributed by atoms with Gasteiger partial charge in [-0.3, -0.25) is 0 Å². The van der Waals surface area contributed by atoms with Gasteiger partial charge in [0.1, 0.15) is 11.5 Å². The van der Waals surface area contributed by atoms with Crippen molar-refractivity contribution in [3.63, 3.8) is 0 Å². The third kappa shape index (κ3) is 3.43. The third-order valence-corrected chi connectivity index (χ3v) is 4.01. The van der Waals surface area contributed by atoms with Crippen molar-refractivity contribution in [2.45, 2.75) is 25.2 Å². The Hall–Kier alpha value is -1.73. The van der Waals surface area contributed by atoms with Crippen molar-refractivity contribution in [1.29, 1.82) is 5.26 Å². The molecule has 2 rings (SSSR count). The molecule has 0 aliphatic carbocycles. The predicted molar refractivity (Wildman–Crippen MR) is 78.2 cm³/mol. The highest BCUT2D eigenvalue weighted by Gasteiger charge is 2.23. The van der Waals surface area contributed by atoms with Crippen LogP contribution in [0.1, 0.15) is 30.7 Å². The summed E-state index contributed by atoms with van der Waals surface area (Å²) in [6.07, 6.45) is 2.86. The van der Waals surface area contributed by atoms with Gasteiger partial charge in [-0.05, 0) is 43.5 Å². The molecule has 1 fully saturated rings. The molecule has 0 spiro atoms. The average molecular weight is 274 g/mol. The lowest BCUT2D eigenvalue weighted by atomic mass is 9.88. The number of benzene rings is 1.